The third kappa shape index (κ3) is 2.98. The highest BCUT2D eigenvalue weighted by Crippen LogP contribution is 2.19. The van der Waals surface area contributed by atoms with Gasteiger partial charge < -0.3 is 10.6 Å². The van der Waals surface area contributed by atoms with Crippen molar-refractivity contribution < 1.29 is 4.79 Å². The fourth-order valence-corrected chi connectivity index (χ4v) is 2.98. The van der Waals surface area contributed by atoms with E-state index in [1.807, 2.05) is 30.3 Å². The van der Waals surface area contributed by atoms with Gasteiger partial charge in [-0.15, -0.1) is 5.10 Å². The third-order valence-corrected chi connectivity index (χ3v) is 4.29. The van der Waals surface area contributed by atoms with E-state index >= 15 is 0 Å². The molecule has 1 aliphatic rings. The number of nitrogens with one attached hydrogen (secondary N) is 2. The minimum absolute atomic E-state index is 0.251. The van der Waals surface area contributed by atoms with Crippen LogP contribution >= 0.6 is 0 Å². The molecule has 3 heterocycles. The standard InChI is InChI=1S/C17H18N6O/c24-17(16-11-23(22-21-16)14-5-8-18-9-6-14)20-13-3-4-15-12(10-13)2-1-7-19-15/h1-4,7,10-11,14,18H,5-6,8-9H2,(H,20,24). The van der Waals surface area contributed by atoms with Gasteiger partial charge in [0.05, 0.1) is 17.8 Å². The lowest BCUT2D eigenvalue weighted by molar-refractivity contribution is 0.102. The first-order valence-corrected chi connectivity index (χ1v) is 8.08. The van der Waals surface area contributed by atoms with Crippen molar-refractivity contribution in [1.82, 2.24) is 25.3 Å². The SMILES string of the molecule is O=C(Nc1ccc2ncccc2c1)c1cn(C2CCNCC2)nn1. The summed E-state index contributed by atoms with van der Waals surface area (Å²) in [6, 6.07) is 9.77. The molecule has 1 aromatic carbocycles. The number of amides is 1. The second kappa shape index (κ2) is 6.37. The van der Waals surface area contributed by atoms with Gasteiger partial charge in [-0.1, -0.05) is 11.3 Å². The fraction of sp³-hybridized carbons (Fsp3) is 0.294. The molecule has 7 nitrogen and oxygen atoms in total. The number of hydrogen-bond acceptors (Lipinski definition) is 5. The largest absolute Gasteiger partial charge is 0.321 e. The van der Waals surface area contributed by atoms with E-state index in [1.54, 1.807) is 17.1 Å². The Morgan fingerprint density at radius 3 is 3.00 bits per heavy atom. The molecule has 0 spiro atoms. The first-order valence-electron chi connectivity index (χ1n) is 8.08. The highest BCUT2D eigenvalue weighted by molar-refractivity contribution is 6.03. The predicted molar refractivity (Wildman–Crippen MR) is 90.9 cm³/mol. The van der Waals surface area contributed by atoms with Crippen molar-refractivity contribution in [3.8, 4) is 0 Å². The zero-order chi connectivity index (χ0) is 16.4. The highest BCUT2D eigenvalue weighted by atomic mass is 16.2. The van der Waals surface area contributed by atoms with Crippen LogP contribution in [0.25, 0.3) is 10.9 Å². The van der Waals surface area contributed by atoms with Gasteiger partial charge in [-0.05, 0) is 50.2 Å². The Labute approximate surface area is 139 Å². The van der Waals surface area contributed by atoms with Crippen LogP contribution in [-0.4, -0.2) is 39.0 Å². The van der Waals surface area contributed by atoms with E-state index in [0.29, 0.717) is 11.7 Å². The zero-order valence-electron chi connectivity index (χ0n) is 13.1. The molecule has 0 radical (unpaired) electrons. The lowest BCUT2D eigenvalue weighted by atomic mass is 10.1. The van der Waals surface area contributed by atoms with Gasteiger partial charge in [-0.2, -0.15) is 0 Å². The van der Waals surface area contributed by atoms with Gasteiger partial charge in [0, 0.05) is 17.3 Å². The first-order chi connectivity index (χ1) is 11.8. The molecule has 24 heavy (non-hydrogen) atoms. The van der Waals surface area contributed by atoms with Crippen molar-refractivity contribution in [3.63, 3.8) is 0 Å². The monoisotopic (exact) mass is 322 g/mol. The summed E-state index contributed by atoms with van der Waals surface area (Å²) in [4.78, 5) is 16.7. The van der Waals surface area contributed by atoms with Crippen molar-refractivity contribution in [2.75, 3.05) is 18.4 Å². The molecule has 2 aromatic heterocycles. The molecule has 1 amide bonds. The predicted octanol–water partition coefficient (Wildman–Crippen LogP) is 2.00. The average Bonchev–Trinajstić information content (AvgIpc) is 3.13. The lowest BCUT2D eigenvalue weighted by Gasteiger charge is -2.22. The van der Waals surface area contributed by atoms with Gasteiger partial charge in [0.25, 0.3) is 5.91 Å². The molecule has 0 aliphatic carbocycles. The first kappa shape index (κ1) is 14.8. The summed E-state index contributed by atoms with van der Waals surface area (Å²) in [7, 11) is 0. The maximum atomic E-state index is 12.4. The Morgan fingerprint density at radius 1 is 1.25 bits per heavy atom. The topological polar surface area (TPSA) is 84.7 Å². The third-order valence-electron chi connectivity index (χ3n) is 4.29. The summed E-state index contributed by atoms with van der Waals surface area (Å²) in [6.07, 6.45) is 5.48. The number of aromatic nitrogens is 4. The molecule has 122 valence electrons. The molecule has 1 saturated heterocycles. The van der Waals surface area contributed by atoms with Crippen molar-refractivity contribution >= 4 is 22.5 Å². The number of anilines is 1. The summed E-state index contributed by atoms with van der Waals surface area (Å²) in [5.74, 6) is -0.251. The Bertz CT molecular complexity index is 868. The van der Waals surface area contributed by atoms with Crippen molar-refractivity contribution in [3.05, 3.63) is 48.4 Å². The number of piperidine rings is 1. The number of benzene rings is 1. The van der Waals surface area contributed by atoms with Gasteiger partial charge in [0.1, 0.15) is 0 Å². The molecular formula is C17H18N6O. The number of carbonyl (C=O) groups excluding carboxylic acids is 1. The van der Waals surface area contributed by atoms with Gasteiger partial charge in [0.2, 0.25) is 0 Å². The number of hydrogen-bond donors (Lipinski definition) is 2. The maximum absolute atomic E-state index is 12.4. The second-order valence-corrected chi connectivity index (χ2v) is 5.93. The van der Waals surface area contributed by atoms with Crippen molar-refractivity contribution in [2.45, 2.75) is 18.9 Å². The molecule has 0 saturated carbocycles. The van der Waals surface area contributed by atoms with Crippen LogP contribution in [0, 0.1) is 0 Å². The molecule has 2 N–H and O–H groups in total. The van der Waals surface area contributed by atoms with Crippen LogP contribution in [0.4, 0.5) is 5.69 Å². The number of nitrogens with zero attached hydrogens (tertiary/aromatic N) is 4. The summed E-state index contributed by atoms with van der Waals surface area (Å²) in [5, 5.41) is 15.3. The Kier molecular flexibility index (Phi) is 3.92. The molecule has 0 unspecified atom stereocenters. The fourth-order valence-electron chi connectivity index (χ4n) is 2.98. The van der Waals surface area contributed by atoms with Crippen LogP contribution in [0.3, 0.4) is 0 Å². The van der Waals surface area contributed by atoms with E-state index in [1.165, 1.54) is 0 Å². The van der Waals surface area contributed by atoms with E-state index < -0.39 is 0 Å². The molecule has 1 aliphatic heterocycles. The quantitative estimate of drug-likeness (QED) is 0.770. The molecule has 3 aromatic rings. The van der Waals surface area contributed by atoms with E-state index in [9.17, 15) is 4.79 Å². The van der Waals surface area contributed by atoms with E-state index in [-0.39, 0.29) is 5.91 Å². The zero-order valence-corrected chi connectivity index (χ0v) is 13.1. The minimum atomic E-state index is -0.251. The lowest BCUT2D eigenvalue weighted by Crippen LogP contribution is -2.29. The van der Waals surface area contributed by atoms with E-state index in [0.717, 1.165) is 42.5 Å². The average molecular weight is 322 g/mol. The molecule has 4 rings (SSSR count). The van der Waals surface area contributed by atoms with Crippen LogP contribution in [0.5, 0.6) is 0 Å². The molecule has 1 fully saturated rings. The molecular weight excluding hydrogens is 304 g/mol. The number of carbonyl (C=O) groups is 1. The Hall–Kier alpha value is -2.80. The van der Waals surface area contributed by atoms with Gasteiger partial charge in [-0.25, -0.2) is 4.68 Å². The second-order valence-electron chi connectivity index (χ2n) is 5.93. The minimum Gasteiger partial charge on any atom is -0.321 e. The van der Waals surface area contributed by atoms with Crippen LogP contribution in [0.15, 0.2) is 42.7 Å². The molecule has 0 bridgehead atoms. The van der Waals surface area contributed by atoms with E-state index in [2.05, 4.69) is 25.9 Å². The van der Waals surface area contributed by atoms with Crippen LogP contribution in [0.1, 0.15) is 29.4 Å². The highest BCUT2D eigenvalue weighted by Gasteiger charge is 2.18. The van der Waals surface area contributed by atoms with E-state index in [4.69, 9.17) is 0 Å². The van der Waals surface area contributed by atoms with Crippen LogP contribution in [-0.2, 0) is 0 Å². The molecule has 0 atom stereocenters. The van der Waals surface area contributed by atoms with Crippen molar-refractivity contribution in [1.29, 1.82) is 0 Å². The summed E-state index contributed by atoms with van der Waals surface area (Å²) in [5.41, 5.74) is 1.95. The number of rotatable bonds is 3. The van der Waals surface area contributed by atoms with Crippen LogP contribution in [0.2, 0.25) is 0 Å². The maximum Gasteiger partial charge on any atom is 0.277 e. The number of pyridine rings is 1. The van der Waals surface area contributed by atoms with Gasteiger partial charge in [-0.3, -0.25) is 9.78 Å². The van der Waals surface area contributed by atoms with Crippen LogP contribution < -0.4 is 10.6 Å². The normalized spacial score (nSPS) is 15.5. The van der Waals surface area contributed by atoms with Gasteiger partial charge in [0.15, 0.2) is 5.69 Å². The Morgan fingerprint density at radius 2 is 2.12 bits per heavy atom. The summed E-state index contributed by atoms with van der Waals surface area (Å²) < 4.78 is 1.81. The van der Waals surface area contributed by atoms with Crippen molar-refractivity contribution in [2.24, 2.45) is 0 Å². The Balaban J connectivity index is 1.49. The number of fused-ring (bicyclic) bond motifs is 1. The summed E-state index contributed by atoms with van der Waals surface area (Å²) >= 11 is 0. The molecule has 7 heteroatoms. The summed E-state index contributed by atoms with van der Waals surface area (Å²) in [6.45, 7) is 1.94. The van der Waals surface area contributed by atoms with Gasteiger partial charge >= 0.3 is 0 Å². The smallest absolute Gasteiger partial charge is 0.277 e.